The number of aromatic hydroxyl groups is 1. The Hall–Kier alpha value is -1.51. The second-order valence-electron chi connectivity index (χ2n) is 3.14. The van der Waals surface area contributed by atoms with Gasteiger partial charge in [0.15, 0.2) is 0 Å². The second-order valence-corrected chi connectivity index (χ2v) is 3.14. The predicted molar refractivity (Wildman–Crippen MR) is 53.4 cm³/mol. The van der Waals surface area contributed by atoms with Gasteiger partial charge in [-0.2, -0.15) is 0 Å². The highest BCUT2D eigenvalue weighted by Crippen LogP contribution is 2.16. The summed E-state index contributed by atoms with van der Waals surface area (Å²) in [5.74, 6) is -0.168. The Morgan fingerprint density at radius 3 is 2.79 bits per heavy atom. The van der Waals surface area contributed by atoms with Gasteiger partial charge in [0.2, 0.25) is 0 Å². The lowest BCUT2D eigenvalue weighted by Gasteiger charge is -2.05. The standard InChI is InChI=1S/C11H14O3/c1-3-6-14-11(13)10-5-4-9(12)7-8(10)2/h4-5,7,12H,3,6H2,1-2H3. The number of carbonyl (C=O) groups excluding carboxylic acids is 1. The van der Waals surface area contributed by atoms with Gasteiger partial charge in [0.25, 0.3) is 0 Å². The molecule has 0 aliphatic heterocycles. The third kappa shape index (κ3) is 2.49. The lowest BCUT2D eigenvalue weighted by atomic mass is 10.1. The normalized spacial score (nSPS) is 9.86. The minimum Gasteiger partial charge on any atom is -0.508 e. The Balaban J connectivity index is 2.80. The van der Waals surface area contributed by atoms with Crippen molar-refractivity contribution in [2.45, 2.75) is 20.3 Å². The summed E-state index contributed by atoms with van der Waals surface area (Å²) < 4.78 is 4.98. The molecular formula is C11H14O3. The summed E-state index contributed by atoms with van der Waals surface area (Å²) >= 11 is 0. The van der Waals surface area contributed by atoms with Crippen molar-refractivity contribution in [2.75, 3.05) is 6.61 Å². The van der Waals surface area contributed by atoms with Gasteiger partial charge < -0.3 is 9.84 Å². The van der Waals surface area contributed by atoms with Crippen molar-refractivity contribution < 1.29 is 14.6 Å². The van der Waals surface area contributed by atoms with E-state index in [2.05, 4.69) is 0 Å². The van der Waals surface area contributed by atoms with Crippen LogP contribution in [-0.4, -0.2) is 17.7 Å². The van der Waals surface area contributed by atoms with Gasteiger partial charge in [-0.05, 0) is 37.1 Å². The monoisotopic (exact) mass is 194 g/mol. The van der Waals surface area contributed by atoms with Crippen LogP contribution >= 0.6 is 0 Å². The van der Waals surface area contributed by atoms with Crippen LogP contribution in [0.5, 0.6) is 5.75 Å². The van der Waals surface area contributed by atoms with Crippen molar-refractivity contribution in [2.24, 2.45) is 0 Å². The van der Waals surface area contributed by atoms with E-state index < -0.39 is 0 Å². The molecular weight excluding hydrogens is 180 g/mol. The van der Waals surface area contributed by atoms with E-state index in [9.17, 15) is 4.79 Å². The van der Waals surface area contributed by atoms with Crippen LogP contribution in [0.15, 0.2) is 18.2 Å². The van der Waals surface area contributed by atoms with Crippen LogP contribution in [-0.2, 0) is 4.74 Å². The fourth-order valence-corrected chi connectivity index (χ4v) is 1.15. The largest absolute Gasteiger partial charge is 0.508 e. The van der Waals surface area contributed by atoms with Crippen molar-refractivity contribution in [3.05, 3.63) is 29.3 Å². The van der Waals surface area contributed by atoms with Crippen LogP contribution in [0.2, 0.25) is 0 Å². The molecule has 0 spiro atoms. The quantitative estimate of drug-likeness (QED) is 0.751. The molecule has 0 aliphatic carbocycles. The highest BCUT2D eigenvalue weighted by atomic mass is 16.5. The van der Waals surface area contributed by atoms with Crippen molar-refractivity contribution in [1.82, 2.24) is 0 Å². The summed E-state index contributed by atoms with van der Waals surface area (Å²) in [5, 5.41) is 9.14. The Bertz CT molecular complexity index is 331. The number of hydrogen-bond donors (Lipinski definition) is 1. The van der Waals surface area contributed by atoms with E-state index >= 15 is 0 Å². The molecule has 0 saturated carbocycles. The molecule has 1 rings (SSSR count). The lowest BCUT2D eigenvalue weighted by molar-refractivity contribution is 0.0504. The molecule has 3 heteroatoms. The minimum atomic E-state index is -0.329. The number of ether oxygens (including phenoxy) is 1. The van der Waals surface area contributed by atoms with Crippen molar-refractivity contribution in [1.29, 1.82) is 0 Å². The maximum absolute atomic E-state index is 11.4. The van der Waals surface area contributed by atoms with Gasteiger partial charge in [0.1, 0.15) is 5.75 Å². The Morgan fingerprint density at radius 2 is 2.21 bits per heavy atom. The fourth-order valence-electron chi connectivity index (χ4n) is 1.15. The molecule has 1 aromatic carbocycles. The summed E-state index contributed by atoms with van der Waals surface area (Å²) in [6.07, 6.45) is 0.808. The summed E-state index contributed by atoms with van der Waals surface area (Å²) in [7, 11) is 0. The smallest absolute Gasteiger partial charge is 0.338 e. The highest BCUT2D eigenvalue weighted by Gasteiger charge is 2.09. The average Bonchev–Trinajstić information content (AvgIpc) is 2.14. The number of benzene rings is 1. The van der Waals surface area contributed by atoms with E-state index in [1.807, 2.05) is 6.92 Å². The van der Waals surface area contributed by atoms with Gasteiger partial charge in [-0.3, -0.25) is 0 Å². The maximum Gasteiger partial charge on any atom is 0.338 e. The first kappa shape index (κ1) is 10.6. The first-order valence-corrected chi connectivity index (χ1v) is 4.62. The molecule has 14 heavy (non-hydrogen) atoms. The van der Waals surface area contributed by atoms with Crippen LogP contribution < -0.4 is 0 Å². The molecule has 0 heterocycles. The molecule has 1 N–H and O–H groups in total. The predicted octanol–water partition coefficient (Wildman–Crippen LogP) is 2.27. The molecule has 0 saturated heterocycles. The fraction of sp³-hybridized carbons (Fsp3) is 0.364. The first-order chi connectivity index (χ1) is 6.65. The summed E-state index contributed by atoms with van der Waals surface area (Å²) in [5.41, 5.74) is 1.24. The van der Waals surface area contributed by atoms with E-state index in [1.165, 1.54) is 6.07 Å². The van der Waals surface area contributed by atoms with Gasteiger partial charge in [0, 0.05) is 0 Å². The van der Waals surface area contributed by atoms with Crippen LogP contribution in [0.4, 0.5) is 0 Å². The molecule has 0 unspecified atom stereocenters. The van der Waals surface area contributed by atoms with Gasteiger partial charge >= 0.3 is 5.97 Å². The molecule has 0 aromatic heterocycles. The molecule has 0 aliphatic rings. The number of phenolic OH excluding ortho intramolecular Hbond substituents is 1. The van der Waals surface area contributed by atoms with Crippen molar-refractivity contribution in [3.63, 3.8) is 0 Å². The number of rotatable bonds is 3. The molecule has 3 nitrogen and oxygen atoms in total. The summed E-state index contributed by atoms with van der Waals surface area (Å²) in [6.45, 7) is 4.14. The van der Waals surface area contributed by atoms with E-state index in [0.717, 1.165) is 12.0 Å². The number of esters is 1. The molecule has 0 amide bonds. The highest BCUT2D eigenvalue weighted by molar-refractivity contribution is 5.91. The zero-order chi connectivity index (χ0) is 10.6. The van der Waals surface area contributed by atoms with E-state index in [1.54, 1.807) is 19.1 Å². The molecule has 76 valence electrons. The number of aryl methyl sites for hydroxylation is 1. The van der Waals surface area contributed by atoms with Crippen LogP contribution in [0, 0.1) is 6.92 Å². The SMILES string of the molecule is CCCOC(=O)c1ccc(O)cc1C. The van der Waals surface area contributed by atoms with E-state index in [-0.39, 0.29) is 11.7 Å². The topological polar surface area (TPSA) is 46.5 Å². The van der Waals surface area contributed by atoms with E-state index in [0.29, 0.717) is 12.2 Å². The Morgan fingerprint density at radius 1 is 1.50 bits per heavy atom. The third-order valence-corrected chi connectivity index (χ3v) is 1.87. The minimum absolute atomic E-state index is 0.162. The molecule has 0 fully saturated rings. The van der Waals surface area contributed by atoms with Crippen molar-refractivity contribution in [3.8, 4) is 5.75 Å². The molecule has 0 bridgehead atoms. The van der Waals surface area contributed by atoms with Crippen LogP contribution in [0.1, 0.15) is 29.3 Å². The van der Waals surface area contributed by atoms with Crippen LogP contribution in [0.25, 0.3) is 0 Å². The van der Waals surface area contributed by atoms with Gasteiger partial charge in [0.05, 0.1) is 12.2 Å². The zero-order valence-corrected chi connectivity index (χ0v) is 8.41. The number of phenols is 1. The van der Waals surface area contributed by atoms with Gasteiger partial charge in [-0.1, -0.05) is 6.92 Å². The average molecular weight is 194 g/mol. The molecule has 0 radical (unpaired) electrons. The maximum atomic E-state index is 11.4. The summed E-state index contributed by atoms with van der Waals surface area (Å²) in [4.78, 5) is 11.4. The zero-order valence-electron chi connectivity index (χ0n) is 8.41. The third-order valence-electron chi connectivity index (χ3n) is 1.87. The van der Waals surface area contributed by atoms with Crippen LogP contribution in [0.3, 0.4) is 0 Å². The first-order valence-electron chi connectivity index (χ1n) is 4.62. The Labute approximate surface area is 83.3 Å². The lowest BCUT2D eigenvalue weighted by Crippen LogP contribution is -2.07. The molecule has 0 atom stereocenters. The van der Waals surface area contributed by atoms with Gasteiger partial charge in [-0.25, -0.2) is 4.79 Å². The van der Waals surface area contributed by atoms with Crippen molar-refractivity contribution >= 4 is 5.97 Å². The number of carbonyl (C=O) groups is 1. The Kier molecular flexibility index (Phi) is 3.51. The van der Waals surface area contributed by atoms with E-state index in [4.69, 9.17) is 9.84 Å². The molecule has 1 aromatic rings. The summed E-state index contributed by atoms with van der Waals surface area (Å²) in [6, 6.07) is 4.60. The number of hydrogen-bond acceptors (Lipinski definition) is 3. The second kappa shape index (κ2) is 4.65. The van der Waals surface area contributed by atoms with Gasteiger partial charge in [-0.15, -0.1) is 0 Å².